The smallest absolute Gasteiger partial charge is 0.191 e. The molecule has 0 saturated carbocycles. The topological polar surface area (TPSA) is 44.6 Å². The van der Waals surface area contributed by atoms with E-state index in [-0.39, 0.29) is 0 Å². The minimum atomic E-state index is 0.815. The van der Waals surface area contributed by atoms with E-state index in [0.29, 0.717) is 0 Å². The first-order valence-corrected chi connectivity index (χ1v) is 9.05. The van der Waals surface area contributed by atoms with Gasteiger partial charge in [-0.25, -0.2) is 0 Å². The summed E-state index contributed by atoms with van der Waals surface area (Å²) in [6.45, 7) is 5.72. The van der Waals surface area contributed by atoms with Gasteiger partial charge in [0.15, 0.2) is 5.96 Å². The Labute approximate surface area is 141 Å². The lowest BCUT2D eigenvalue weighted by molar-refractivity contribution is 0.224. The third-order valence-corrected chi connectivity index (χ3v) is 4.47. The van der Waals surface area contributed by atoms with Gasteiger partial charge in [0.05, 0.1) is 0 Å². The number of guanidine groups is 1. The maximum Gasteiger partial charge on any atom is 0.191 e. The molecule has 130 valence electrons. The van der Waals surface area contributed by atoms with Crippen molar-refractivity contribution in [3.8, 4) is 0 Å². The number of hydrogen-bond donors (Lipinski definition) is 2. The molecule has 1 aliphatic heterocycles. The fraction of sp³-hybridized carbons (Fsp3) is 0.722. The number of aryl methyl sites for hydroxylation is 1. The van der Waals surface area contributed by atoms with Crippen LogP contribution in [0.4, 0.5) is 0 Å². The van der Waals surface area contributed by atoms with E-state index < -0.39 is 0 Å². The number of rotatable bonds is 8. The molecule has 0 aromatic carbocycles. The van der Waals surface area contributed by atoms with Crippen LogP contribution in [0.2, 0.25) is 0 Å². The second-order valence-corrected chi connectivity index (χ2v) is 6.50. The maximum absolute atomic E-state index is 4.28. The Morgan fingerprint density at radius 3 is 2.65 bits per heavy atom. The van der Waals surface area contributed by atoms with Crippen LogP contribution in [0.3, 0.4) is 0 Å². The number of nitrogens with one attached hydrogen (secondary N) is 2. The molecule has 1 aliphatic rings. The van der Waals surface area contributed by atoms with E-state index in [9.17, 15) is 0 Å². The molecule has 0 amide bonds. The lowest BCUT2D eigenvalue weighted by atomic mass is 10.1. The second-order valence-electron chi connectivity index (χ2n) is 6.50. The van der Waals surface area contributed by atoms with Crippen molar-refractivity contribution >= 4 is 5.96 Å². The lowest BCUT2D eigenvalue weighted by Crippen LogP contribution is -2.37. The number of aliphatic imine (C=N–C) groups is 1. The van der Waals surface area contributed by atoms with Gasteiger partial charge in [-0.15, -0.1) is 0 Å². The molecule has 1 aromatic heterocycles. The molecule has 2 N–H and O–H groups in total. The molecule has 0 bridgehead atoms. The predicted molar refractivity (Wildman–Crippen MR) is 97.8 cm³/mol. The average Bonchev–Trinajstić information content (AvgIpc) is 3.00. The number of unbranched alkanes of at least 4 members (excludes halogenated alkanes) is 2. The first kappa shape index (κ1) is 17.9. The summed E-state index contributed by atoms with van der Waals surface area (Å²) in [5, 5.41) is 6.76. The van der Waals surface area contributed by atoms with Crippen LogP contribution >= 0.6 is 0 Å². The van der Waals surface area contributed by atoms with Gasteiger partial charge in [-0.1, -0.05) is 12.8 Å². The lowest BCUT2D eigenvalue weighted by Gasteiger charge is -2.26. The van der Waals surface area contributed by atoms with Crippen molar-refractivity contribution < 1.29 is 0 Å². The summed E-state index contributed by atoms with van der Waals surface area (Å²) in [7, 11) is 3.87. The molecule has 23 heavy (non-hydrogen) atoms. The van der Waals surface area contributed by atoms with Crippen molar-refractivity contribution in [2.24, 2.45) is 12.0 Å². The van der Waals surface area contributed by atoms with Crippen molar-refractivity contribution in [2.45, 2.75) is 45.1 Å². The highest BCUT2D eigenvalue weighted by Crippen LogP contribution is 2.09. The maximum atomic E-state index is 4.28. The quantitative estimate of drug-likeness (QED) is 0.439. The van der Waals surface area contributed by atoms with Gasteiger partial charge in [0, 0.05) is 39.6 Å². The van der Waals surface area contributed by atoms with Crippen molar-refractivity contribution in [3.05, 3.63) is 24.0 Å². The number of likely N-dealkylation sites (tertiary alicyclic amines) is 1. The van der Waals surface area contributed by atoms with Crippen LogP contribution in [0.1, 0.15) is 44.1 Å². The average molecular weight is 319 g/mol. The summed E-state index contributed by atoms with van der Waals surface area (Å²) in [6.07, 6.45) is 12.2. The van der Waals surface area contributed by atoms with Gasteiger partial charge in [-0.05, 0) is 56.9 Å². The van der Waals surface area contributed by atoms with Crippen molar-refractivity contribution in [2.75, 3.05) is 33.2 Å². The Bertz CT molecular complexity index is 460. The van der Waals surface area contributed by atoms with Crippen LogP contribution in [0, 0.1) is 0 Å². The van der Waals surface area contributed by atoms with Crippen LogP contribution in [0.25, 0.3) is 0 Å². The fourth-order valence-corrected chi connectivity index (χ4v) is 3.10. The van der Waals surface area contributed by atoms with Crippen molar-refractivity contribution in [3.63, 3.8) is 0 Å². The summed E-state index contributed by atoms with van der Waals surface area (Å²) in [4.78, 5) is 6.90. The van der Waals surface area contributed by atoms with Gasteiger partial charge >= 0.3 is 0 Å². The highest BCUT2D eigenvalue weighted by atomic mass is 15.2. The SMILES string of the molecule is CN=C(NCCCCCN1CCCCC1)NCc1ccn(C)c1. The molecule has 0 aliphatic carbocycles. The molecular formula is C18H33N5. The Kier molecular flexibility index (Phi) is 8.01. The van der Waals surface area contributed by atoms with E-state index in [2.05, 4.69) is 43.6 Å². The molecular weight excluding hydrogens is 286 g/mol. The Morgan fingerprint density at radius 2 is 1.96 bits per heavy atom. The molecule has 1 aromatic rings. The van der Waals surface area contributed by atoms with Gasteiger partial charge in [0.25, 0.3) is 0 Å². The van der Waals surface area contributed by atoms with Gasteiger partial charge in [-0.2, -0.15) is 0 Å². The zero-order valence-corrected chi connectivity index (χ0v) is 14.9. The van der Waals surface area contributed by atoms with Gasteiger partial charge in [0.2, 0.25) is 0 Å². The summed E-state index contributed by atoms with van der Waals surface area (Å²) >= 11 is 0. The van der Waals surface area contributed by atoms with Gasteiger partial charge in [-0.3, -0.25) is 4.99 Å². The molecule has 5 nitrogen and oxygen atoms in total. The van der Waals surface area contributed by atoms with E-state index in [0.717, 1.165) is 19.0 Å². The first-order chi connectivity index (χ1) is 11.3. The predicted octanol–water partition coefficient (Wildman–Crippen LogP) is 2.35. The molecule has 1 saturated heterocycles. The minimum absolute atomic E-state index is 0.815. The van der Waals surface area contributed by atoms with E-state index in [1.807, 2.05) is 14.1 Å². The van der Waals surface area contributed by atoms with E-state index in [1.165, 1.54) is 63.7 Å². The molecule has 2 rings (SSSR count). The standard InChI is InChI=1S/C18H33N5/c1-19-18(21-15-17-9-14-22(2)16-17)20-10-5-3-6-11-23-12-7-4-8-13-23/h9,14,16H,3-8,10-13,15H2,1-2H3,(H2,19,20,21). The molecule has 5 heteroatoms. The summed E-state index contributed by atoms with van der Waals surface area (Å²) in [6, 6.07) is 2.13. The molecule has 1 fully saturated rings. The zero-order valence-electron chi connectivity index (χ0n) is 14.9. The third kappa shape index (κ3) is 7.08. The van der Waals surface area contributed by atoms with Crippen molar-refractivity contribution in [1.82, 2.24) is 20.1 Å². The van der Waals surface area contributed by atoms with E-state index in [4.69, 9.17) is 0 Å². The van der Waals surface area contributed by atoms with Crippen LogP contribution in [0.5, 0.6) is 0 Å². The summed E-state index contributed by atoms with van der Waals surface area (Å²) in [5.41, 5.74) is 1.27. The molecule has 0 atom stereocenters. The normalized spacial score (nSPS) is 16.5. The monoisotopic (exact) mass is 319 g/mol. The molecule has 0 spiro atoms. The Hall–Kier alpha value is -1.49. The van der Waals surface area contributed by atoms with Crippen LogP contribution in [-0.2, 0) is 13.6 Å². The minimum Gasteiger partial charge on any atom is -0.357 e. The molecule has 0 unspecified atom stereocenters. The molecule has 2 heterocycles. The zero-order chi connectivity index (χ0) is 16.3. The summed E-state index contributed by atoms with van der Waals surface area (Å²) < 4.78 is 2.07. The fourth-order valence-electron chi connectivity index (χ4n) is 3.10. The summed E-state index contributed by atoms with van der Waals surface area (Å²) in [5.74, 6) is 0.893. The highest BCUT2D eigenvalue weighted by Gasteiger charge is 2.08. The van der Waals surface area contributed by atoms with Crippen LogP contribution in [-0.4, -0.2) is 48.7 Å². The Balaban J connectivity index is 1.50. The largest absolute Gasteiger partial charge is 0.357 e. The van der Waals surface area contributed by atoms with Crippen LogP contribution in [0.15, 0.2) is 23.5 Å². The third-order valence-electron chi connectivity index (χ3n) is 4.47. The number of aromatic nitrogens is 1. The van der Waals surface area contributed by atoms with Crippen molar-refractivity contribution in [1.29, 1.82) is 0 Å². The first-order valence-electron chi connectivity index (χ1n) is 9.05. The number of piperidine rings is 1. The number of hydrogen-bond acceptors (Lipinski definition) is 2. The van der Waals surface area contributed by atoms with Crippen LogP contribution < -0.4 is 10.6 Å². The number of nitrogens with zero attached hydrogens (tertiary/aromatic N) is 3. The van der Waals surface area contributed by atoms with Gasteiger partial charge < -0.3 is 20.1 Å². The van der Waals surface area contributed by atoms with E-state index in [1.54, 1.807) is 0 Å². The second kappa shape index (κ2) is 10.3. The van der Waals surface area contributed by atoms with Gasteiger partial charge in [0.1, 0.15) is 0 Å². The van der Waals surface area contributed by atoms with E-state index >= 15 is 0 Å². The molecule has 0 radical (unpaired) electrons. The Morgan fingerprint density at radius 1 is 1.13 bits per heavy atom. The highest BCUT2D eigenvalue weighted by molar-refractivity contribution is 5.79.